The first kappa shape index (κ1) is 19.3. The average molecular weight is 365 g/mol. The predicted octanol–water partition coefficient (Wildman–Crippen LogP) is 4.26. The van der Waals surface area contributed by atoms with Gasteiger partial charge in [-0.25, -0.2) is 8.78 Å². The number of nitrogens with zero attached hydrogens (tertiary/aromatic N) is 3. The lowest BCUT2D eigenvalue weighted by Crippen LogP contribution is -2.34. The minimum atomic E-state index is -4.50. The lowest BCUT2D eigenvalue weighted by Gasteiger charge is -2.20. The van der Waals surface area contributed by atoms with Crippen LogP contribution in [0.25, 0.3) is 5.57 Å². The molecule has 1 heterocycles. The van der Waals surface area contributed by atoms with Gasteiger partial charge in [-0.05, 0) is 40.0 Å². The maximum atomic E-state index is 14.1. The zero-order chi connectivity index (χ0) is 18.8. The molecule has 1 aromatic rings. The highest BCUT2D eigenvalue weighted by Crippen LogP contribution is 2.34. The SMILES string of the molecule is CC(C)Nc1nc(N[C@H](C)C(F)(F)F)nc(C2=C(F)C(F)CCC2)n1. The van der Waals surface area contributed by atoms with Crippen LogP contribution >= 0.6 is 0 Å². The molecule has 2 N–H and O–H groups in total. The van der Waals surface area contributed by atoms with Crippen LogP contribution in [0.15, 0.2) is 5.83 Å². The summed E-state index contributed by atoms with van der Waals surface area (Å²) < 4.78 is 65.9. The first-order chi connectivity index (χ1) is 11.6. The normalized spacial score (nSPS) is 20.0. The molecule has 25 heavy (non-hydrogen) atoms. The maximum Gasteiger partial charge on any atom is 0.408 e. The fourth-order valence-electron chi connectivity index (χ4n) is 2.29. The molecule has 0 saturated carbocycles. The van der Waals surface area contributed by atoms with Crippen molar-refractivity contribution in [3.8, 4) is 0 Å². The Kier molecular flexibility index (Phi) is 5.79. The fraction of sp³-hybridized carbons (Fsp3) is 0.667. The molecule has 1 aliphatic rings. The smallest absolute Gasteiger partial charge is 0.352 e. The number of anilines is 2. The number of alkyl halides is 4. The Balaban J connectivity index is 2.42. The summed E-state index contributed by atoms with van der Waals surface area (Å²) in [5.41, 5.74) is -0.0318. The highest BCUT2D eigenvalue weighted by atomic mass is 19.4. The molecule has 0 aliphatic heterocycles. The van der Waals surface area contributed by atoms with Crippen LogP contribution in [0.3, 0.4) is 0 Å². The van der Waals surface area contributed by atoms with Crippen LogP contribution in [0.2, 0.25) is 0 Å². The lowest BCUT2D eigenvalue weighted by molar-refractivity contribution is -0.138. The number of hydrogen-bond acceptors (Lipinski definition) is 5. The van der Waals surface area contributed by atoms with Crippen molar-refractivity contribution in [2.75, 3.05) is 10.6 Å². The van der Waals surface area contributed by atoms with Gasteiger partial charge in [-0.2, -0.15) is 28.1 Å². The van der Waals surface area contributed by atoms with Crippen molar-refractivity contribution in [2.45, 2.75) is 64.5 Å². The van der Waals surface area contributed by atoms with Crippen LogP contribution in [0.1, 0.15) is 45.9 Å². The second kappa shape index (κ2) is 7.49. The van der Waals surface area contributed by atoms with Crippen molar-refractivity contribution in [1.29, 1.82) is 0 Å². The van der Waals surface area contributed by atoms with Crippen LogP contribution in [-0.2, 0) is 0 Å². The van der Waals surface area contributed by atoms with Crippen LogP contribution in [0.4, 0.5) is 33.8 Å². The summed E-state index contributed by atoms with van der Waals surface area (Å²) in [5, 5.41) is 4.98. The van der Waals surface area contributed by atoms with Gasteiger partial charge in [-0.1, -0.05) is 0 Å². The average Bonchev–Trinajstić information content (AvgIpc) is 2.48. The topological polar surface area (TPSA) is 62.7 Å². The Morgan fingerprint density at radius 1 is 1.04 bits per heavy atom. The van der Waals surface area contributed by atoms with Crippen LogP contribution < -0.4 is 10.6 Å². The van der Waals surface area contributed by atoms with E-state index in [-0.39, 0.29) is 42.2 Å². The van der Waals surface area contributed by atoms with E-state index in [9.17, 15) is 22.0 Å². The number of allylic oxidation sites excluding steroid dienone is 2. The van der Waals surface area contributed by atoms with Gasteiger partial charge in [0.05, 0.1) is 0 Å². The van der Waals surface area contributed by atoms with Crippen molar-refractivity contribution >= 4 is 17.5 Å². The minimum absolute atomic E-state index is 0.00171. The third-order valence-electron chi connectivity index (χ3n) is 3.61. The van der Waals surface area contributed by atoms with Gasteiger partial charge in [0, 0.05) is 11.6 Å². The van der Waals surface area contributed by atoms with E-state index in [1.54, 1.807) is 13.8 Å². The van der Waals surface area contributed by atoms with Gasteiger partial charge in [-0.3, -0.25) is 0 Å². The second-order valence-electron chi connectivity index (χ2n) is 6.20. The summed E-state index contributed by atoms with van der Waals surface area (Å²) in [6.45, 7) is 4.48. The van der Waals surface area contributed by atoms with E-state index in [1.165, 1.54) is 0 Å². The third-order valence-corrected chi connectivity index (χ3v) is 3.61. The predicted molar refractivity (Wildman–Crippen MR) is 84.5 cm³/mol. The molecular formula is C15H20F5N5. The molecule has 2 rings (SSSR count). The second-order valence-corrected chi connectivity index (χ2v) is 6.20. The molecule has 0 radical (unpaired) electrons. The largest absolute Gasteiger partial charge is 0.408 e. The molecule has 10 heteroatoms. The zero-order valence-electron chi connectivity index (χ0n) is 14.1. The summed E-state index contributed by atoms with van der Waals surface area (Å²) in [7, 11) is 0. The molecular weight excluding hydrogens is 345 g/mol. The third kappa shape index (κ3) is 4.99. The molecule has 1 aliphatic carbocycles. The van der Waals surface area contributed by atoms with Crippen molar-refractivity contribution in [2.24, 2.45) is 0 Å². The Labute approximate surface area is 142 Å². The maximum absolute atomic E-state index is 14.1. The van der Waals surface area contributed by atoms with Crippen LogP contribution in [0.5, 0.6) is 0 Å². The number of hydrogen-bond donors (Lipinski definition) is 2. The molecule has 0 amide bonds. The van der Waals surface area contributed by atoms with Crippen LogP contribution in [0, 0.1) is 0 Å². The summed E-state index contributed by atoms with van der Waals surface area (Å²) in [6.07, 6.45) is -5.56. The monoisotopic (exact) mass is 365 g/mol. The molecule has 1 unspecified atom stereocenters. The minimum Gasteiger partial charge on any atom is -0.352 e. The number of nitrogens with one attached hydrogen (secondary N) is 2. The molecule has 0 aromatic carbocycles. The number of halogens is 5. The molecule has 0 fully saturated rings. The van der Waals surface area contributed by atoms with Gasteiger partial charge in [0.2, 0.25) is 11.9 Å². The first-order valence-corrected chi connectivity index (χ1v) is 7.96. The van der Waals surface area contributed by atoms with Gasteiger partial charge in [0.25, 0.3) is 0 Å². The van der Waals surface area contributed by atoms with E-state index < -0.39 is 24.2 Å². The molecule has 1 aromatic heterocycles. The van der Waals surface area contributed by atoms with E-state index in [4.69, 9.17) is 0 Å². The lowest BCUT2D eigenvalue weighted by atomic mass is 9.96. The molecule has 140 valence electrons. The fourth-order valence-corrected chi connectivity index (χ4v) is 2.29. The highest BCUT2D eigenvalue weighted by molar-refractivity contribution is 5.65. The summed E-state index contributed by atoms with van der Waals surface area (Å²) in [5.74, 6) is -1.48. The molecule has 0 saturated heterocycles. The van der Waals surface area contributed by atoms with Gasteiger partial charge >= 0.3 is 6.18 Å². The zero-order valence-corrected chi connectivity index (χ0v) is 14.1. The van der Waals surface area contributed by atoms with Gasteiger partial charge in [-0.15, -0.1) is 0 Å². The molecule has 2 atom stereocenters. The number of rotatable bonds is 5. The Morgan fingerprint density at radius 2 is 1.64 bits per heavy atom. The van der Waals surface area contributed by atoms with Crippen LogP contribution in [-0.4, -0.2) is 39.4 Å². The first-order valence-electron chi connectivity index (χ1n) is 7.96. The molecule has 0 bridgehead atoms. The van der Waals surface area contributed by atoms with E-state index in [0.717, 1.165) is 6.92 Å². The Hall–Kier alpha value is -2.00. The van der Waals surface area contributed by atoms with Crippen molar-refractivity contribution < 1.29 is 22.0 Å². The molecule has 0 spiro atoms. The van der Waals surface area contributed by atoms with Gasteiger partial charge in [0.15, 0.2) is 12.0 Å². The van der Waals surface area contributed by atoms with Gasteiger partial charge in [0.1, 0.15) is 11.9 Å². The van der Waals surface area contributed by atoms with Crippen molar-refractivity contribution in [1.82, 2.24) is 15.0 Å². The van der Waals surface area contributed by atoms with Gasteiger partial charge < -0.3 is 10.6 Å². The highest BCUT2D eigenvalue weighted by Gasteiger charge is 2.36. The van der Waals surface area contributed by atoms with E-state index >= 15 is 0 Å². The summed E-state index contributed by atoms with van der Waals surface area (Å²) in [4.78, 5) is 11.8. The Bertz CT molecular complexity index is 644. The van der Waals surface area contributed by atoms with Crippen molar-refractivity contribution in [3.63, 3.8) is 0 Å². The summed E-state index contributed by atoms with van der Waals surface area (Å²) >= 11 is 0. The Morgan fingerprint density at radius 3 is 2.20 bits per heavy atom. The van der Waals surface area contributed by atoms with E-state index in [2.05, 4.69) is 25.6 Å². The quantitative estimate of drug-likeness (QED) is 0.764. The standard InChI is InChI=1S/C15H20F5N5/c1-7(2)21-13-23-12(9-5-4-6-10(16)11(9)17)24-14(25-13)22-8(3)15(18,19)20/h7-8,10H,4-6H2,1-3H3,(H2,21,22,23,24,25)/t8-,10?/m1/s1. The number of aromatic nitrogens is 3. The summed E-state index contributed by atoms with van der Waals surface area (Å²) in [6, 6.07) is -2.02. The van der Waals surface area contributed by atoms with Crippen molar-refractivity contribution in [3.05, 3.63) is 11.7 Å². The molecule has 5 nitrogen and oxygen atoms in total. The van der Waals surface area contributed by atoms with E-state index in [0.29, 0.717) is 6.42 Å². The van der Waals surface area contributed by atoms with E-state index in [1.807, 2.05) is 0 Å².